The molecule has 0 fully saturated rings. The summed E-state index contributed by atoms with van der Waals surface area (Å²) in [4.78, 5) is 15.1. The zero-order valence-electron chi connectivity index (χ0n) is 11.3. The van der Waals surface area contributed by atoms with Crippen LogP contribution in [0.1, 0.15) is 29.3 Å². The van der Waals surface area contributed by atoms with Crippen LogP contribution in [0.5, 0.6) is 0 Å². The molecule has 0 radical (unpaired) electrons. The first-order chi connectivity index (χ1) is 9.60. The third-order valence-electron chi connectivity index (χ3n) is 2.93. The molecule has 1 aromatic carbocycles. The highest BCUT2D eigenvalue weighted by Gasteiger charge is 2.09. The van der Waals surface area contributed by atoms with Crippen LogP contribution in [-0.2, 0) is 6.42 Å². The maximum absolute atomic E-state index is 11.0. The third-order valence-corrected chi connectivity index (χ3v) is 2.93. The van der Waals surface area contributed by atoms with Gasteiger partial charge in [-0.3, -0.25) is 0 Å². The summed E-state index contributed by atoms with van der Waals surface area (Å²) in [6.45, 7) is 2.14. The van der Waals surface area contributed by atoms with Crippen molar-refractivity contribution in [3.8, 4) is 0 Å². The van der Waals surface area contributed by atoms with Crippen LogP contribution in [0.3, 0.4) is 0 Å². The molecule has 0 amide bonds. The van der Waals surface area contributed by atoms with E-state index in [1.165, 1.54) is 17.8 Å². The van der Waals surface area contributed by atoms with Gasteiger partial charge in [-0.1, -0.05) is 25.5 Å². The van der Waals surface area contributed by atoms with Crippen molar-refractivity contribution < 1.29 is 9.90 Å². The summed E-state index contributed by atoms with van der Waals surface area (Å²) < 4.78 is 0. The van der Waals surface area contributed by atoms with E-state index in [-0.39, 0.29) is 11.3 Å². The topological polar surface area (TPSA) is 88.2 Å². The van der Waals surface area contributed by atoms with Crippen molar-refractivity contribution in [1.82, 2.24) is 4.98 Å². The van der Waals surface area contributed by atoms with E-state index in [4.69, 9.17) is 10.8 Å². The molecule has 104 valence electrons. The number of aromatic nitrogens is 1. The molecule has 2 rings (SSSR count). The van der Waals surface area contributed by atoms with Crippen LogP contribution in [0.4, 0.5) is 17.2 Å². The summed E-state index contributed by atoms with van der Waals surface area (Å²) in [6, 6.07) is 9.41. The SMILES string of the molecule is CCCc1ccc(Nc2cc(C(=O)O)c(N)cn2)cc1. The number of nitrogens with two attached hydrogens (primary N) is 1. The van der Waals surface area contributed by atoms with E-state index in [0.717, 1.165) is 18.5 Å². The van der Waals surface area contributed by atoms with Crippen LogP contribution in [0.15, 0.2) is 36.5 Å². The lowest BCUT2D eigenvalue weighted by Crippen LogP contribution is -2.05. The number of carboxylic acid groups (broad SMARTS) is 1. The van der Waals surface area contributed by atoms with Gasteiger partial charge in [0.1, 0.15) is 5.82 Å². The number of pyridine rings is 1. The van der Waals surface area contributed by atoms with Gasteiger partial charge >= 0.3 is 5.97 Å². The van der Waals surface area contributed by atoms with Gasteiger partial charge in [0.25, 0.3) is 0 Å². The Bertz CT molecular complexity index is 609. The van der Waals surface area contributed by atoms with Gasteiger partial charge in [0, 0.05) is 5.69 Å². The first-order valence-electron chi connectivity index (χ1n) is 6.45. The van der Waals surface area contributed by atoms with E-state index < -0.39 is 5.97 Å². The number of rotatable bonds is 5. The van der Waals surface area contributed by atoms with Gasteiger partial charge in [-0.25, -0.2) is 9.78 Å². The maximum Gasteiger partial charge on any atom is 0.337 e. The lowest BCUT2D eigenvalue weighted by atomic mass is 10.1. The molecule has 20 heavy (non-hydrogen) atoms. The Morgan fingerprint density at radius 3 is 2.65 bits per heavy atom. The predicted molar refractivity (Wildman–Crippen MR) is 79.3 cm³/mol. The maximum atomic E-state index is 11.0. The molecule has 0 saturated heterocycles. The van der Waals surface area contributed by atoms with E-state index in [0.29, 0.717) is 5.82 Å². The average molecular weight is 271 g/mol. The minimum Gasteiger partial charge on any atom is -0.478 e. The molecule has 0 aliphatic carbocycles. The Labute approximate surface area is 117 Å². The Kier molecular flexibility index (Phi) is 4.20. The Morgan fingerprint density at radius 1 is 1.35 bits per heavy atom. The molecule has 0 aliphatic heterocycles. The Hall–Kier alpha value is -2.56. The van der Waals surface area contributed by atoms with Crippen molar-refractivity contribution in [2.75, 3.05) is 11.1 Å². The quantitative estimate of drug-likeness (QED) is 0.777. The van der Waals surface area contributed by atoms with Crippen molar-refractivity contribution in [2.24, 2.45) is 0 Å². The minimum absolute atomic E-state index is 0.0464. The van der Waals surface area contributed by atoms with Crippen molar-refractivity contribution >= 4 is 23.2 Å². The fraction of sp³-hybridized carbons (Fsp3) is 0.200. The van der Waals surface area contributed by atoms with E-state index in [2.05, 4.69) is 17.2 Å². The number of aryl methyl sites for hydroxylation is 1. The Balaban J connectivity index is 2.17. The summed E-state index contributed by atoms with van der Waals surface area (Å²) in [6.07, 6.45) is 3.50. The smallest absolute Gasteiger partial charge is 0.337 e. The van der Waals surface area contributed by atoms with Gasteiger partial charge in [-0.05, 0) is 30.2 Å². The number of hydrogen-bond acceptors (Lipinski definition) is 4. The first-order valence-corrected chi connectivity index (χ1v) is 6.45. The molecular weight excluding hydrogens is 254 g/mol. The van der Waals surface area contributed by atoms with Crippen molar-refractivity contribution in [1.29, 1.82) is 0 Å². The number of aromatic carboxylic acids is 1. The molecule has 0 atom stereocenters. The second-order valence-corrected chi connectivity index (χ2v) is 4.53. The average Bonchev–Trinajstić information content (AvgIpc) is 2.43. The van der Waals surface area contributed by atoms with Crippen LogP contribution in [0.25, 0.3) is 0 Å². The number of hydrogen-bond donors (Lipinski definition) is 3. The monoisotopic (exact) mass is 271 g/mol. The predicted octanol–water partition coefficient (Wildman–Crippen LogP) is 3.06. The zero-order valence-corrected chi connectivity index (χ0v) is 11.3. The molecule has 0 aliphatic rings. The molecule has 0 unspecified atom stereocenters. The molecule has 0 spiro atoms. The second-order valence-electron chi connectivity index (χ2n) is 4.53. The first kappa shape index (κ1) is 13.9. The number of anilines is 3. The van der Waals surface area contributed by atoms with E-state index >= 15 is 0 Å². The second kappa shape index (κ2) is 6.06. The molecule has 5 nitrogen and oxygen atoms in total. The summed E-state index contributed by atoms with van der Waals surface area (Å²) >= 11 is 0. The number of nitrogens with one attached hydrogen (secondary N) is 1. The summed E-state index contributed by atoms with van der Waals surface area (Å²) in [7, 11) is 0. The van der Waals surface area contributed by atoms with Crippen LogP contribution < -0.4 is 11.1 Å². The van der Waals surface area contributed by atoms with Gasteiger partial charge in [-0.2, -0.15) is 0 Å². The van der Waals surface area contributed by atoms with Crippen LogP contribution >= 0.6 is 0 Å². The van der Waals surface area contributed by atoms with Crippen LogP contribution in [-0.4, -0.2) is 16.1 Å². The van der Waals surface area contributed by atoms with Gasteiger partial charge < -0.3 is 16.2 Å². The molecule has 1 aromatic heterocycles. The molecule has 1 heterocycles. The number of carbonyl (C=O) groups is 1. The fourth-order valence-electron chi connectivity index (χ4n) is 1.91. The molecule has 4 N–H and O–H groups in total. The van der Waals surface area contributed by atoms with E-state index in [9.17, 15) is 4.79 Å². The van der Waals surface area contributed by atoms with E-state index in [1.807, 2.05) is 24.3 Å². The molecule has 2 aromatic rings. The highest BCUT2D eigenvalue weighted by molar-refractivity contribution is 5.94. The lowest BCUT2D eigenvalue weighted by molar-refractivity contribution is 0.0698. The molecular formula is C15H17N3O2. The highest BCUT2D eigenvalue weighted by atomic mass is 16.4. The van der Waals surface area contributed by atoms with Crippen LogP contribution in [0.2, 0.25) is 0 Å². The summed E-state index contributed by atoms with van der Waals surface area (Å²) in [5.74, 6) is -0.605. The van der Waals surface area contributed by atoms with E-state index in [1.54, 1.807) is 0 Å². The number of nitrogen functional groups attached to an aromatic ring is 1. The normalized spacial score (nSPS) is 10.2. The zero-order chi connectivity index (χ0) is 14.5. The highest BCUT2D eigenvalue weighted by Crippen LogP contribution is 2.19. The van der Waals surface area contributed by atoms with Gasteiger partial charge in [0.2, 0.25) is 0 Å². The Morgan fingerprint density at radius 2 is 2.05 bits per heavy atom. The largest absolute Gasteiger partial charge is 0.478 e. The minimum atomic E-state index is -1.06. The summed E-state index contributed by atoms with van der Waals surface area (Å²) in [5, 5.41) is 12.1. The van der Waals surface area contributed by atoms with Crippen LogP contribution in [0, 0.1) is 0 Å². The number of nitrogens with zero attached hydrogens (tertiary/aromatic N) is 1. The van der Waals surface area contributed by atoms with Crippen molar-refractivity contribution in [2.45, 2.75) is 19.8 Å². The molecule has 0 bridgehead atoms. The molecule has 0 saturated carbocycles. The fourth-order valence-corrected chi connectivity index (χ4v) is 1.91. The van der Waals surface area contributed by atoms with Crippen molar-refractivity contribution in [3.05, 3.63) is 47.7 Å². The standard InChI is InChI=1S/C15H17N3O2/c1-2-3-10-4-6-11(7-5-10)18-14-8-12(15(19)20)13(16)9-17-14/h4-9H,2-3,16H2,1H3,(H,17,18)(H,19,20). The lowest BCUT2D eigenvalue weighted by Gasteiger charge is -2.08. The van der Waals surface area contributed by atoms with Gasteiger partial charge in [0.05, 0.1) is 17.4 Å². The molecule has 5 heteroatoms. The number of benzene rings is 1. The summed E-state index contributed by atoms with van der Waals surface area (Å²) in [5.41, 5.74) is 7.90. The van der Waals surface area contributed by atoms with Crippen molar-refractivity contribution in [3.63, 3.8) is 0 Å². The van der Waals surface area contributed by atoms with Gasteiger partial charge in [-0.15, -0.1) is 0 Å². The van der Waals surface area contributed by atoms with Gasteiger partial charge in [0.15, 0.2) is 0 Å². The number of carboxylic acids is 1. The third kappa shape index (κ3) is 3.26.